The molecule has 2 aliphatic rings. The van der Waals surface area contributed by atoms with Crippen molar-refractivity contribution in [2.24, 2.45) is 0 Å². The molecule has 1 unspecified atom stereocenters. The van der Waals surface area contributed by atoms with Gasteiger partial charge in [-0.15, -0.1) is 11.8 Å². The molecule has 0 N–H and O–H groups in total. The van der Waals surface area contributed by atoms with Gasteiger partial charge in [0.15, 0.2) is 0 Å². The molecule has 0 saturated carbocycles. The molecule has 0 aliphatic carbocycles. The van der Waals surface area contributed by atoms with Gasteiger partial charge in [0.25, 0.3) is 0 Å². The lowest BCUT2D eigenvalue weighted by molar-refractivity contribution is -0.128. The summed E-state index contributed by atoms with van der Waals surface area (Å²) in [5, 5.41) is 0.0426. The van der Waals surface area contributed by atoms with Crippen molar-refractivity contribution in [2.75, 3.05) is 45.1 Å². The molecule has 126 valence electrons. The van der Waals surface area contributed by atoms with E-state index in [1.165, 1.54) is 6.07 Å². The second kappa shape index (κ2) is 7.83. The van der Waals surface area contributed by atoms with Gasteiger partial charge in [-0.3, -0.25) is 9.69 Å². The van der Waals surface area contributed by atoms with Gasteiger partial charge in [0.05, 0.1) is 24.0 Å². The van der Waals surface area contributed by atoms with Crippen LogP contribution in [0.1, 0.15) is 17.4 Å². The molecule has 2 saturated heterocycles. The maximum absolute atomic E-state index is 13.3. The Balaban J connectivity index is 1.59. The van der Waals surface area contributed by atoms with E-state index in [2.05, 4.69) is 4.90 Å². The predicted molar refractivity (Wildman–Crippen MR) is 90.2 cm³/mol. The summed E-state index contributed by atoms with van der Waals surface area (Å²) in [5.74, 6) is 0.183. The summed E-state index contributed by atoms with van der Waals surface area (Å²) in [7, 11) is 0. The Labute approximate surface area is 144 Å². The Morgan fingerprint density at radius 3 is 2.83 bits per heavy atom. The van der Waals surface area contributed by atoms with E-state index in [1.54, 1.807) is 23.9 Å². The van der Waals surface area contributed by atoms with Crippen molar-refractivity contribution < 1.29 is 13.9 Å². The minimum Gasteiger partial charge on any atom is -0.379 e. The summed E-state index contributed by atoms with van der Waals surface area (Å²) >= 11 is 7.45. The number of rotatable bonds is 5. The van der Waals surface area contributed by atoms with Crippen LogP contribution < -0.4 is 0 Å². The zero-order valence-electron chi connectivity index (χ0n) is 12.8. The van der Waals surface area contributed by atoms with Crippen molar-refractivity contribution in [1.82, 2.24) is 9.80 Å². The van der Waals surface area contributed by atoms with Crippen LogP contribution in [0, 0.1) is 5.82 Å². The molecule has 0 radical (unpaired) electrons. The van der Waals surface area contributed by atoms with Crippen molar-refractivity contribution in [2.45, 2.75) is 11.8 Å². The maximum atomic E-state index is 13.3. The summed E-state index contributed by atoms with van der Waals surface area (Å²) in [5.41, 5.74) is 0.888. The normalized spacial score (nSPS) is 22.8. The van der Waals surface area contributed by atoms with Crippen LogP contribution in [0.5, 0.6) is 0 Å². The van der Waals surface area contributed by atoms with E-state index < -0.39 is 5.82 Å². The molecule has 2 fully saturated rings. The zero-order chi connectivity index (χ0) is 16.2. The Hall–Kier alpha value is -0.820. The van der Waals surface area contributed by atoms with E-state index in [0.29, 0.717) is 12.3 Å². The van der Waals surface area contributed by atoms with E-state index in [0.717, 1.165) is 44.8 Å². The predicted octanol–water partition coefficient (Wildman–Crippen LogP) is 2.78. The van der Waals surface area contributed by atoms with Crippen molar-refractivity contribution in [3.63, 3.8) is 0 Å². The number of carbonyl (C=O) groups is 1. The Kier molecular flexibility index (Phi) is 5.80. The van der Waals surface area contributed by atoms with Gasteiger partial charge in [0.2, 0.25) is 5.91 Å². The van der Waals surface area contributed by atoms with Crippen LogP contribution in [0.25, 0.3) is 0 Å². The SMILES string of the molecule is O=C1CSC(c2ccc(F)c(Cl)c2)N1CCCN1CCOCC1. The third kappa shape index (κ3) is 4.18. The van der Waals surface area contributed by atoms with E-state index >= 15 is 0 Å². The number of halogens is 2. The van der Waals surface area contributed by atoms with Gasteiger partial charge >= 0.3 is 0 Å². The molecule has 1 aromatic carbocycles. The number of morpholine rings is 1. The largest absolute Gasteiger partial charge is 0.379 e. The number of thioether (sulfide) groups is 1. The molecular weight excluding hydrogens is 339 g/mol. The smallest absolute Gasteiger partial charge is 0.233 e. The molecule has 0 aromatic heterocycles. The number of ether oxygens (including phenoxy) is 1. The van der Waals surface area contributed by atoms with Gasteiger partial charge in [0.1, 0.15) is 11.2 Å². The molecule has 23 heavy (non-hydrogen) atoms. The lowest BCUT2D eigenvalue weighted by Gasteiger charge is -2.29. The Bertz CT molecular complexity index is 569. The highest BCUT2D eigenvalue weighted by Gasteiger charge is 2.32. The fraction of sp³-hybridized carbons (Fsp3) is 0.562. The van der Waals surface area contributed by atoms with Gasteiger partial charge in [-0.25, -0.2) is 4.39 Å². The molecule has 3 rings (SSSR count). The summed E-state index contributed by atoms with van der Waals surface area (Å²) in [6, 6.07) is 4.71. The van der Waals surface area contributed by atoms with E-state index in [4.69, 9.17) is 16.3 Å². The van der Waals surface area contributed by atoms with E-state index in [1.807, 2.05) is 4.90 Å². The van der Waals surface area contributed by atoms with Crippen molar-refractivity contribution in [3.05, 3.63) is 34.6 Å². The molecule has 1 atom stereocenters. The fourth-order valence-electron chi connectivity index (χ4n) is 2.93. The van der Waals surface area contributed by atoms with Gasteiger partial charge in [-0.05, 0) is 24.1 Å². The lowest BCUT2D eigenvalue weighted by atomic mass is 10.2. The van der Waals surface area contributed by atoms with Crippen molar-refractivity contribution in [1.29, 1.82) is 0 Å². The van der Waals surface area contributed by atoms with Crippen molar-refractivity contribution in [3.8, 4) is 0 Å². The quantitative estimate of drug-likeness (QED) is 0.810. The number of hydrogen-bond acceptors (Lipinski definition) is 4. The van der Waals surface area contributed by atoms with Gasteiger partial charge in [-0.2, -0.15) is 0 Å². The topological polar surface area (TPSA) is 32.8 Å². The third-order valence-electron chi connectivity index (χ3n) is 4.17. The highest BCUT2D eigenvalue weighted by molar-refractivity contribution is 8.00. The van der Waals surface area contributed by atoms with Crippen LogP contribution >= 0.6 is 23.4 Å². The number of benzene rings is 1. The Morgan fingerprint density at radius 2 is 2.09 bits per heavy atom. The standard InChI is InChI=1S/C16H20ClFN2O2S/c17-13-10-12(2-3-14(13)18)16-20(15(21)11-23-16)5-1-4-19-6-8-22-9-7-19/h2-3,10,16H,1,4-9,11H2. The van der Waals surface area contributed by atoms with Gasteiger partial charge in [-0.1, -0.05) is 17.7 Å². The molecule has 1 aromatic rings. The molecule has 1 amide bonds. The minimum atomic E-state index is -0.427. The average molecular weight is 359 g/mol. The summed E-state index contributed by atoms with van der Waals surface area (Å²) in [6.07, 6.45) is 0.928. The lowest BCUT2D eigenvalue weighted by Crippen LogP contribution is -2.38. The molecule has 2 heterocycles. The number of carbonyl (C=O) groups excluding carboxylic acids is 1. The molecular formula is C16H20ClFN2O2S. The first-order chi connectivity index (χ1) is 11.1. The monoisotopic (exact) mass is 358 g/mol. The van der Waals surface area contributed by atoms with Crippen molar-refractivity contribution >= 4 is 29.3 Å². The zero-order valence-corrected chi connectivity index (χ0v) is 14.4. The summed E-state index contributed by atoms with van der Waals surface area (Å²) < 4.78 is 18.7. The van der Waals surface area contributed by atoms with Crippen LogP contribution in [0.2, 0.25) is 5.02 Å². The second-order valence-electron chi connectivity index (χ2n) is 5.73. The van der Waals surface area contributed by atoms with Crippen LogP contribution in [-0.4, -0.2) is 60.9 Å². The van der Waals surface area contributed by atoms with E-state index in [-0.39, 0.29) is 16.3 Å². The van der Waals surface area contributed by atoms with Crippen LogP contribution in [0.15, 0.2) is 18.2 Å². The van der Waals surface area contributed by atoms with E-state index in [9.17, 15) is 9.18 Å². The van der Waals surface area contributed by atoms with Crippen LogP contribution in [-0.2, 0) is 9.53 Å². The number of nitrogens with zero attached hydrogens (tertiary/aromatic N) is 2. The third-order valence-corrected chi connectivity index (χ3v) is 5.72. The number of hydrogen-bond donors (Lipinski definition) is 0. The highest BCUT2D eigenvalue weighted by atomic mass is 35.5. The van der Waals surface area contributed by atoms with Crippen LogP contribution in [0.4, 0.5) is 4.39 Å². The average Bonchev–Trinajstić information content (AvgIpc) is 2.92. The maximum Gasteiger partial charge on any atom is 0.233 e. The second-order valence-corrected chi connectivity index (χ2v) is 7.21. The fourth-order valence-corrected chi connectivity index (χ4v) is 4.32. The summed E-state index contributed by atoms with van der Waals surface area (Å²) in [4.78, 5) is 16.4. The first kappa shape index (κ1) is 17.0. The first-order valence-corrected chi connectivity index (χ1v) is 9.24. The van der Waals surface area contributed by atoms with Gasteiger partial charge in [0, 0.05) is 26.2 Å². The van der Waals surface area contributed by atoms with Gasteiger partial charge < -0.3 is 9.64 Å². The molecule has 2 aliphatic heterocycles. The molecule has 7 heteroatoms. The first-order valence-electron chi connectivity index (χ1n) is 7.81. The minimum absolute atomic E-state index is 0.0645. The van der Waals surface area contributed by atoms with Crippen LogP contribution in [0.3, 0.4) is 0 Å². The summed E-state index contributed by atoms with van der Waals surface area (Å²) in [6.45, 7) is 5.17. The number of amides is 1. The molecule has 0 bridgehead atoms. The molecule has 0 spiro atoms. The molecule has 4 nitrogen and oxygen atoms in total. The Morgan fingerprint density at radius 1 is 1.30 bits per heavy atom. The highest BCUT2D eigenvalue weighted by Crippen LogP contribution is 2.39.